The minimum Gasteiger partial charge on any atom is -0.354 e. The molecule has 22 heavy (non-hydrogen) atoms. The molecule has 0 radical (unpaired) electrons. The van der Waals surface area contributed by atoms with Gasteiger partial charge in [-0.1, -0.05) is 0 Å². The molecule has 7 heteroatoms. The van der Waals surface area contributed by atoms with Gasteiger partial charge >= 0.3 is 0 Å². The highest BCUT2D eigenvalue weighted by Gasteiger charge is 2.16. The van der Waals surface area contributed by atoms with E-state index < -0.39 is 0 Å². The quantitative estimate of drug-likeness (QED) is 0.625. The van der Waals surface area contributed by atoms with Crippen molar-refractivity contribution in [1.82, 2.24) is 25.3 Å². The van der Waals surface area contributed by atoms with Crippen molar-refractivity contribution in [2.45, 2.75) is 12.6 Å². The van der Waals surface area contributed by atoms with Gasteiger partial charge in [-0.15, -0.1) is 0 Å². The minimum atomic E-state index is 0.244. The van der Waals surface area contributed by atoms with Crippen LogP contribution in [0.3, 0.4) is 0 Å². The van der Waals surface area contributed by atoms with Crippen molar-refractivity contribution in [3.05, 3.63) is 40.3 Å². The number of aryl methyl sites for hydroxylation is 1. The van der Waals surface area contributed by atoms with Crippen LogP contribution in [0.4, 0.5) is 0 Å². The Bertz CT molecular complexity index is 587. The summed E-state index contributed by atoms with van der Waals surface area (Å²) in [7, 11) is 7.87. The fourth-order valence-corrected chi connectivity index (χ4v) is 2.87. The van der Waals surface area contributed by atoms with Crippen molar-refractivity contribution in [3.63, 3.8) is 0 Å². The first kappa shape index (κ1) is 16.5. The van der Waals surface area contributed by atoms with Gasteiger partial charge in [-0.25, -0.2) is 0 Å². The lowest BCUT2D eigenvalue weighted by atomic mass is 10.1. The fraction of sp³-hybridized carbons (Fsp3) is 0.467. The molecule has 2 aromatic rings. The van der Waals surface area contributed by atoms with Crippen LogP contribution in [-0.2, 0) is 13.6 Å². The zero-order chi connectivity index (χ0) is 15.9. The molecule has 0 amide bonds. The largest absolute Gasteiger partial charge is 0.354 e. The predicted octanol–water partition coefficient (Wildman–Crippen LogP) is 1.45. The summed E-state index contributed by atoms with van der Waals surface area (Å²) in [4.78, 5) is 6.45. The van der Waals surface area contributed by atoms with Crippen LogP contribution in [0, 0.1) is 0 Å². The fourth-order valence-electron chi connectivity index (χ4n) is 2.20. The molecule has 0 fully saturated rings. The highest BCUT2D eigenvalue weighted by Crippen LogP contribution is 2.16. The zero-order valence-electron chi connectivity index (χ0n) is 13.6. The monoisotopic (exact) mass is 320 g/mol. The van der Waals surface area contributed by atoms with E-state index in [0.717, 1.165) is 19.0 Å². The minimum absolute atomic E-state index is 0.244. The number of aliphatic imine (C=N–C) groups is 1. The Balaban J connectivity index is 1.90. The lowest BCUT2D eigenvalue weighted by Crippen LogP contribution is -2.41. The van der Waals surface area contributed by atoms with Gasteiger partial charge in [0.2, 0.25) is 0 Å². The molecule has 0 saturated heterocycles. The highest BCUT2D eigenvalue weighted by atomic mass is 32.1. The summed E-state index contributed by atoms with van der Waals surface area (Å²) in [6.07, 6.45) is 3.96. The normalized spacial score (nSPS) is 13.4. The van der Waals surface area contributed by atoms with Crippen molar-refractivity contribution in [3.8, 4) is 0 Å². The molecule has 0 aromatic carbocycles. The van der Waals surface area contributed by atoms with Gasteiger partial charge in [-0.3, -0.25) is 9.67 Å². The van der Waals surface area contributed by atoms with E-state index >= 15 is 0 Å². The van der Waals surface area contributed by atoms with Crippen LogP contribution in [0.5, 0.6) is 0 Å². The highest BCUT2D eigenvalue weighted by molar-refractivity contribution is 7.07. The molecule has 0 aliphatic rings. The van der Waals surface area contributed by atoms with Crippen molar-refractivity contribution < 1.29 is 0 Å². The third-order valence-electron chi connectivity index (χ3n) is 3.46. The second-order valence-electron chi connectivity index (χ2n) is 5.37. The van der Waals surface area contributed by atoms with E-state index in [4.69, 9.17) is 0 Å². The Morgan fingerprint density at radius 3 is 2.82 bits per heavy atom. The average molecular weight is 320 g/mol. The smallest absolute Gasteiger partial charge is 0.191 e. The molecular formula is C15H24N6S. The van der Waals surface area contributed by atoms with Gasteiger partial charge in [0.1, 0.15) is 0 Å². The Hall–Kier alpha value is -1.86. The Labute approximate surface area is 135 Å². The van der Waals surface area contributed by atoms with Gasteiger partial charge in [-0.05, 0) is 36.5 Å². The zero-order valence-corrected chi connectivity index (χ0v) is 14.4. The second kappa shape index (κ2) is 7.95. The van der Waals surface area contributed by atoms with E-state index in [0.29, 0.717) is 0 Å². The Kier molecular flexibility index (Phi) is 5.97. The Morgan fingerprint density at radius 1 is 1.45 bits per heavy atom. The van der Waals surface area contributed by atoms with E-state index in [-0.39, 0.29) is 6.04 Å². The first-order valence-corrected chi connectivity index (χ1v) is 8.15. The van der Waals surface area contributed by atoms with E-state index in [9.17, 15) is 0 Å². The van der Waals surface area contributed by atoms with Crippen molar-refractivity contribution in [2.75, 3.05) is 27.7 Å². The summed E-state index contributed by atoms with van der Waals surface area (Å²) in [6.45, 7) is 1.55. The number of rotatable bonds is 6. The number of thiophene rings is 1. The van der Waals surface area contributed by atoms with Crippen molar-refractivity contribution >= 4 is 17.3 Å². The number of likely N-dealkylation sites (N-methyl/N-ethyl adjacent to an activating group) is 1. The van der Waals surface area contributed by atoms with Gasteiger partial charge in [0, 0.05) is 38.9 Å². The number of aromatic nitrogens is 2. The van der Waals surface area contributed by atoms with E-state index in [1.165, 1.54) is 11.1 Å². The van der Waals surface area contributed by atoms with E-state index in [1.54, 1.807) is 18.4 Å². The van der Waals surface area contributed by atoms with Crippen molar-refractivity contribution in [2.24, 2.45) is 12.0 Å². The standard InChI is InChI=1S/C15H24N6S/c1-16-15(17-7-12-5-6-22-11-12)18-9-14(20(2)3)13-8-19-21(4)10-13/h5-6,8,10-11,14H,7,9H2,1-4H3,(H2,16,17,18). The molecule has 0 bridgehead atoms. The lowest BCUT2D eigenvalue weighted by Gasteiger charge is -2.24. The summed E-state index contributed by atoms with van der Waals surface area (Å²) >= 11 is 1.70. The van der Waals surface area contributed by atoms with Crippen LogP contribution in [0.2, 0.25) is 0 Å². The van der Waals surface area contributed by atoms with Gasteiger partial charge in [0.25, 0.3) is 0 Å². The third-order valence-corrected chi connectivity index (χ3v) is 4.19. The van der Waals surface area contributed by atoms with Crippen LogP contribution in [0.1, 0.15) is 17.2 Å². The molecule has 0 aliphatic carbocycles. The molecule has 0 saturated carbocycles. The Morgan fingerprint density at radius 2 is 2.27 bits per heavy atom. The molecular weight excluding hydrogens is 296 g/mol. The van der Waals surface area contributed by atoms with Gasteiger partial charge < -0.3 is 15.5 Å². The lowest BCUT2D eigenvalue weighted by molar-refractivity contribution is 0.298. The molecule has 1 unspecified atom stereocenters. The van der Waals surface area contributed by atoms with E-state index in [2.05, 4.69) is 56.5 Å². The summed E-state index contributed by atoms with van der Waals surface area (Å²) < 4.78 is 1.83. The maximum Gasteiger partial charge on any atom is 0.191 e. The second-order valence-corrected chi connectivity index (χ2v) is 6.15. The maximum absolute atomic E-state index is 4.28. The number of nitrogens with zero attached hydrogens (tertiary/aromatic N) is 4. The molecule has 2 rings (SSSR count). The van der Waals surface area contributed by atoms with Crippen LogP contribution in [0.25, 0.3) is 0 Å². The molecule has 1 atom stereocenters. The van der Waals surface area contributed by atoms with Crippen molar-refractivity contribution in [1.29, 1.82) is 0 Å². The molecule has 0 aliphatic heterocycles. The summed E-state index contributed by atoms with van der Waals surface area (Å²) in [6, 6.07) is 2.36. The SMILES string of the molecule is CN=C(NCc1ccsc1)NCC(c1cnn(C)c1)N(C)C. The maximum atomic E-state index is 4.28. The summed E-state index contributed by atoms with van der Waals surface area (Å²) in [5.41, 5.74) is 2.46. The first-order chi connectivity index (χ1) is 10.6. The summed E-state index contributed by atoms with van der Waals surface area (Å²) in [5.74, 6) is 0.807. The van der Waals surface area contributed by atoms with Gasteiger partial charge in [0.05, 0.1) is 12.2 Å². The third kappa shape index (κ3) is 4.57. The van der Waals surface area contributed by atoms with Gasteiger partial charge in [0.15, 0.2) is 5.96 Å². The molecule has 2 heterocycles. The molecule has 2 aromatic heterocycles. The molecule has 2 N–H and O–H groups in total. The number of hydrogen-bond donors (Lipinski definition) is 2. The van der Waals surface area contributed by atoms with Crippen LogP contribution in [0.15, 0.2) is 34.2 Å². The van der Waals surface area contributed by atoms with Crippen LogP contribution < -0.4 is 10.6 Å². The topological polar surface area (TPSA) is 57.5 Å². The average Bonchev–Trinajstić information content (AvgIpc) is 3.14. The number of guanidine groups is 1. The van der Waals surface area contributed by atoms with Crippen LogP contribution in [-0.4, -0.2) is 48.3 Å². The number of nitrogens with one attached hydrogen (secondary N) is 2. The van der Waals surface area contributed by atoms with E-state index in [1.807, 2.05) is 24.1 Å². The first-order valence-electron chi connectivity index (χ1n) is 7.20. The molecule has 120 valence electrons. The van der Waals surface area contributed by atoms with Gasteiger partial charge in [-0.2, -0.15) is 16.4 Å². The van der Waals surface area contributed by atoms with Crippen LogP contribution >= 0.6 is 11.3 Å². The molecule has 0 spiro atoms. The molecule has 6 nitrogen and oxygen atoms in total. The predicted molar refractivity (Wildman–Crippen MR) is 92.2 cm³/mol. The summed E-state index contributed by atoms with van der Waals surface area (Å²) in [5, 5.41) is 15.2. The number of hydrogen-bond acceptors (Lipinski definition) is 4.